The molecule has 0 radical (unpaired) electrons. The Morgan fingerprint density at radius 1 is 1.29 bits per heavy atom. The van der Waals surface area contributed by atoms with E-state index in [1.54, 1.807) is 18.2 Å². The van der Waals surface area contributed by atoms with Crippen LogP contribution in [-0.2, 0) is 6.54 Å². The Morgan fingerprint density at radius 2 is 2.14 bits per heavy atom. The van der Waals surface area contributed by atoms with E-state index >= 15 is 0 Å². The Hall–Kier alpha value is -1.72. The highest BCUT2D eigenvalue weighted by Gasteiger charge is 2.18. The third-order valence-corrected chi connectivity index (χ3v) is 3.91. The van der Waals surface area contributed by atoms with E-state index in [0.29, 0.717) is 28.6 Å². The maximum Gasteiger partial charge on any atom is 0.253 e. The van der Waals surface area contributed by atoms with Gasteiger partial charge in [0.15, 0.2) is 11.5 Å². The molecule has 1 N–H and O–H groups in total. The van der Waals surface area contributed by atoms with Crippen molar-refractivity contribution >= 4 is 33.4 Å². The molecule has 0 aliphatic carbocycles. The number of hydrogen-bond donors (Lipinski definition) is 1. The van der Waals surface area contributed by atoms with Crippen LogP contribution in [0.25, 0.3) is 0 Å². The molecular weight excluding hydrogens is 358 g/mol. The molecule has 1 aliphatic rings. The van der Waals surface area contributed by atoms with Gasteiger partial charge in [-0.15, -0.1) is 0 Å². The van der Waals surface area contributed by atoms with Gasteiger partial charge in [-0.05, 0) is 24.3 Å². The molecule has 6 heteroatoms. The summed E-state index contributed by atoms with van der Waals surface area (Å²) in [7, 11) is 0. The second kappa shape index (κ2) is 5.95. The molecule has 0 atom stereocenters. The van der Waals surface area contributed by atoms with Gasteiger partial charge >= 0.3 is 0 Å². The van der Waals surface area contributed by atoms with Crippen molar-refractivity contribution in [2.75, 3.05) is 6.79 Å². The lowest BCUT2D eigenvalue weighted by atomic mass is 10.1. The molecule has 1 aliphatic heterocycles. The van der Waals surface area contributed by atoms with Gasteiger partial charge in [0, 0.05) is 16.6 Å². The van der Waals surface area contributed by atoms with E-state index in [2.05, 4.69) is 21.2 Å². The van der Waals surface area contributed by atoms with Gasteiger partial charge in [-0.1, -0.05) is 39.7 Å². The lowest BCUT2D eigenvalue weighted by molar-refractivity contribution is 0.0950. The Balaban J connectivity index is 1.75. The summed E-state index contributed by atoms with van der Waals surface area (Å²) in [6, 6.07) is 10.7. The molecule has 1 amide bonds. The van der Waals surface area contributed by atoms with Gasteiger partial charge in [-0.3, -0.25) is 4.79 Å². The fourth-order valence-corrected chi connectivity index (χ4v) is 2.64. The predicted octanol–water partition coefficient (Wildman–Crippen LogP) is 3.76. The van der Waals surface area contributed by atoms with Crippen molar-refractivity contribution in [1.82, 2.24) is 5.32 Å². The highest BCUT2D eigenvalue weighted by molar-refractivity contribution is 9.10. The van der Waals surface area contributed by atoms with Gasteiger partial charge in [-0.2, -0.15) is 0 Å². The van der Waals surface area contributed by atoms with Gasteiger partial charge in [0.25, 0.3) is 5.91 Å². The third kappa shape index (κ3) is 2.99. The molecule has 0 unspecified atom stereocenters. The third-order valence-electron chi connectivity index (χ3n) is 3.09. The first kappa shape index (κ1) is 14.2. The summed E-state index contributed by atoms with van der Waals surface area (Å²) in [5.41, 5.74) is 1.29. The lowest BCUT2D eigenvalue weighted by Gasteiger charge is -2.09. The van der Waals surface area contributed by atoms with Crippen LogP contribution >= 0.6 is 27.5 Å². The molecule has 0 saturated heterocycles. The van der Waals surface area contributed by atoms with E-state index in [-0.39, 0.29) is 12.7 Å². The van der Waals surface area contributed by atoms with Crippen LogP contribution in [0.2, 0.25) is 5.02 Å². The Kier molecular flexibility index (Phi) is 4.03. The van der Waals surface area contributed by atoms with Crippen molar-refractivity contribution in [2.24, 2.45) is 0 Å². The first-order valence-electron chi connectivity index (χ1n) is 6.26. The molecule has 1 heterocycles. The number of ether oxygens (including phenoxy) is 2. The van der Waals surface area contributed by atoms with Crippen molar-refractivity contribution in [2.45, 2.75) is 6.54 Å². The minimum atomic E-state index is -0.238. The summed E-state index contributed by atoms with van der Waals surface area (Å²) in [5, 5.41) is 3.24. The second-order valence-corrected chi connectivity index (χ2v) is 5.78. The quantitative estimate of drug-likeness (QED) is 0.897. The van der Waals surface area contributed by atoms with Crippen LogP contribution in [0, 0.1) is 0 Å². The summed E-state index contributed by atoms with van der Waals surface area (Å²) in [4.78, 5) is 12.2. The van der Waals surface area contributed by atoms with Crippen LogP contribution in [0.3, 0.4) is 0 Å². The average molecular weight is 369 g/mol. The smallest absolute Gasteiger partial charge is 0.253 e. The van der Waals surface area contributed by atoms with Crippen molar-refractivity contribution < 1.29 is 14.3 Å². The van der Waals surface area contributed by atoms with Crippen molar-refractivity contribution in [3.05, 3.63) is 57.0 Å². The van der Waals surface area contributed by atoms with Crippen molar-refractivity contribution in [1.29, 1.82) is 0 Å². The summed E-state index contributed by atoms with van der Waals surface area (Å²) in [5.74, 6) is 1.14. The largest absolute Gasteiger partial charge is 0.454 e. The first-order valence-corrected chi connectivity index (χ1v) is 7.43. The predicted molar refractivity (Wildman–Crippen MR) is 82.9 cm³/mol. The van der Waals surface area contributed by atoms with E-state index in [1.807, 2.05) is 18.2 Å². The lowest BCUT2D eigenvalue weighted by Crippen LogP contribution is -2.23. The minimum absolute atomic E-state index is 0.206. The molecule has 0 spiro atoms. The van der Waals surface area contributed by atoms with Gasteiger partial charge in [-0.25, -0.2) is 0 Å². The molecule has 0 fully saturated rings. The fourth-order valence-electron chi connectivity index (χ4n) is 2.07. The second-order valence-electron chi connectivity index (χ2n) is 4.46. The van der Waals surface area contributed by atoms with E-state index in [4.69, 9.17) is 21.1 Å². The highest BCUT2D eigenvalue weighted by Crippen LogP contribution is 2.35. The number of nitrogens with one attached hydrogen (secondary N) is 1. The van der Waals surface area contributed by atoms with Crippen molar-refractivity contribution in [3.8, 4) is 11.5 Å². The molecule has 4 nitrogen and oxygen atoms in total. The van der Waals surface area contributed by atoms with Gasteiger partial charge in [0.05, 0.1) is 10.6 Å². The number of hydrogen-bond acceptors (Lipinski definition) is 3. The zero-order chi connectivity index (χ0) is 14.8. The molecule has 0 bridgehead atoms. The van der Waals surface area contributed by atoms with Gasteiger partial charge in [0.2, 0.25) is 6.79 Å². The summed E-state index contributed by atoms with van der Waals surface area (Å²) < 4.78 is 11.5. The molecule has 2 aromatic rings. The summed E-state index contributed by atoms with van der Waals surface area (Å²) >= 11 is 9.37. The molecule has 108 valence electrons. The van der Waals surface area contributed by atoms with Crippen molar-refractivity contribution in [3.63, 3.8) is 0 Å². The van der Waals surface area contributed by atoms with Crippen LogP contribution in [0.1, 0.15) is 15.9 Å². The van der Waals surface area contributed by atoms with E-state index < -0.39 is 0 Å². The Labute approximate surface area is 135 Å². The summed E-state index contributed by atoms with van der Waals surface area (Å²) in [6.07, 6.45) is 0. The zero-order valence-electron chi connectivity index (χ0n) is 10.9. The molecule has 3 rings (SSSR count). The number of benzene rings is 2. The van der Waals surface area contributed by atoms with Gasteiger partial charge < -0.3 is 14.8 Å². The van der Waals surface area contributed by atoms with Crippen LogP contribution in [0.15, 0.2) is 40.9 Å². The summed E-state index contributed by atoms with van der Waals surface area (Å²) in [6.45, 7) is 0.548. The van der Waals surface area contributed by atoms with Crippen LogP contribution < -0.4 is 14.8 Å². The minimum Gasteiger partial charge on any atom is -0.454 e. The number of halogens is 2. The molecular formula is C15H11BrClNO3. The Bertz CT molecular complexity index is 705. The molecule has 21 heavy (non-hydrogen) atoms. The van der Waals surface area contributed by atoms with Gasteiger partial charge in [0.1, 0.15) is 0 Å². The highest BCUT2D eigenvalue weighted by atomic mass is 79.9. The molecule has 2 aromatic carbocycles. The number of carbonyl (C=O) groups excluding carboxylic acids is 1. The Morgan fingerprint density at radius 3 is 3.00 bits per heavy atom. The number of para-hydroxylation sites is 1. The van der Waals surface area contributed by atoms with E-state index in [0.717, 1.165) is 10.0 Å². The monoisotopic (exact) mass is 367 g/mol. The first-order chi connectivity index (χ1) is 10.1. The van der Waals surface area contributed by atoms with Crippen LogP contribution in [0.5, 0.6) is 11.5 Å². The maximum atomic E-state index is 12.2. The molecule has 0 saturated carbocycles. The SMILES string of the molecule is O=C(NCc1cccc2c1OCO2)c1cc(Br)ccc1Cl. The van der Waals surface area contributed by atoms with E-state index in [1.165, 1.54) is 0 Å². The number of carbonyl (C=O) groups is 1. The number of amides is 1. The normalized spacial score (nSPS) is 12.3. The number of fused-ring (bicyclic) bond motifs is 1. The van der Waals surface area contributed by atoms with E-state index in [9.17, 15) is 4.79 Å². The number of rotatable bonds is 3. The standard InChI is InChI=1S/C15H11BrClNO3/c16-10-4-5-12(17)11(6-10)15(19)18-7-9-2-1-3-13-14(9)21-8-20-13/h1-6H,7-8H2,(H,18,19). The van der Waals surface area contributed by atoms with Crippen LogP contribution in [-0.4, -0.2) is 12.7 Å². The van der Waals surface area contributed by atoms with Crippen LogP contribution in [0.4, 0.5) is 0 Å². The molecule has 0 aromatic heterocycles. The zero-order valence-corrected chi connectivity index (χ0v) is 13.2. The topological polar surface area (TPSA) is 47.6 Å². The fraction of sp³-hybridized carbons (Fsp3) is 0.133. The maximum absolute atomic E-state index is 12.2. The average Bonchev–Trinajstić information content (AvgIpc) is 2.96.